The number of aromatic amines is 1. The Morgan fingerprint density at radius 3 is 2.57 bits per heavy atom. The molecule has 0 bridgehead atoms. The molecule has 3 rings (SSSR count). The van der Waals surface area contributed by atoms with E-state index in [1.54, 1.807) is 24.3 Å². The second kappa shape index (κ2) is 9.56. The summed E-state index contributed by atoms with van der Waals surface area (Å²) in [6, 6.07) is 15.8. The van der Waals surface area contributed by atoms with Gasteiger partial charge in [0.1, 0.15) is 12.4 Å². The molecule has 3 aromatic rings. The molecule has 2 N–H and O–H groups in total. The number of H-pyrrole nitrogens is 1. The first-order valence-corrected chi connectivity index (χ1v) is 9.33. The number of benzene rings is 2. The number of rotatable bonds is 8. The van der Waals surface area contributed by atoms with Gasteiger partial charge in [0.05, 0.1) is 18.4 Å². The van der Waals surface area contributed by atoms with Gasteiger partial charge < -0.3 is 14.8 Å². The summed E-state index contributed by atoms with van der Waals surface area (Å²) in [5.41, 5.74) is 1.01. The molecule has 144 valence electrons. The minimum absolute atomic E-state index is 0.148. The normalized spacial score (nSPS) is 10.3. The van der Waals surface area contributed by atoms with E-state index in [9.17, 15) is 9.59 Å². The number of hydrogen-bond donors (Lipinski definition) is 2. The predicted molar refractivity (Wildman–Crippen MR) is 104 cm³/mol. The minimum atomic E-state index is -0.426. The van der Waals surface area contributed by atoms with Crippen molar-refractivity contribution >= 4 is 29.3 Å². The number of methoxy groups -OCH3 is 1. The molecule has 0 radical (unpaired) electrons. The monoisotopic (exact) mass is 398 g/mol. The fourth-order valence-corrected chi connectivity index (χ4v) is 2.83. The third kappa shape index (κ3) is 5.58. The van der Waals surface area contributed by atoms with Crippen molar-refractivity contribution in [3.05, 3.63) is 66.0 Å². The number of amides is 1. The molecule has 28 heavy (non-hydrogen) atoms. The van der Waals surface area contributed by atoms with Crippen molar-refractivity contribution in [1.29, 1.82) is 0 Å². The van der Waals surface area contributed by atoms with E-state index < -0.39 is 5.97 Å². The highest BCUT2D eigenvalue weighted by Crippen LogP contribution is 2.16. The molecule has 0 aliphatic carbocycles. The second-order valence-corrected chi connectivity index (χ2v) is 6.51. The van der Waals surface area contributed by atoms with E-state index in [0.29, 0.717) is 22.2 Å². The Bertz CT molecular complexity index is 929. The molecule has 0 aliphatic heterocycles. The van der Waals surface area contributed by atoms with Gasteiger partial charge in [0.15, 0.2) is 5.82 Å². The van der Waals surface area contributed by atoms with Gasteiger partial charge in [-0.1, -0.05) is 30.0 Å². The van der Waals surface area contributed by atoms with Gasteiger partial charge >= 0.3 is 5.97 Å². The topological polar surface area (TPSA) is 106 Å². The summed E-state index contributed by atoms with van der Waals surface area (Å²) >= 11 is 1.21. The van der Waals surface area contributed by atoms with Crippen LogP contribution in [0.25, 0.3) is 0 Å². The van der Waals surface area contributed by atoms with Crippen LogP contribution in [0.2, 0.25) is 0 Å². The van der Waals surface area contributed by atoms with Crippen LogP contribution in [-0.4, -0.2) is 39.9 Å². The fraction of sp³-hybridized carbons (Fsp3) is 0.158. The van der Waals surface area contributed by atoms with Gasteiger partial charge in [-0.15, -0.1) is 5.10 Å². The van der Waals surface area contributed by atoms with Crippen LogP contribution in [0.4, 0.5) is 5.69 Å². The van der Waals surface area contributed by atoms with Gasteiger partial charge in [0, 0.05) is 5.69 Å². The number of thioether (sulfide) groups is 1. The SMILES string of the molecule is COC(=O)c1ccc(NC(=O)CSc2n[nH]c(COc3ccccc3)n2)cc1. The van der Waals surface area contributed by atoms with Crippen LogP contribution in [0.15, 0.2) is 59.8 Å². The molecule has 8 nitrogen and oxygen atoms in total. The standard InChI is InChI=1S/C19H18N4O4S/c1-26-18(25)13-7-9-14(10-8-13)20-17(24)12-28-19-21-16(22-23-19)11-27-15-5-3-2-4-6-15/h2-10H,11-12H2,1H3,(H,20,24)(H,21,22,23). The van der Waals surface area contributed by atoms with E-state index in [1.807, 2.05) is 30.3 Å². The molecular weight excluding hydrogens is 380 g/mol. The number of ether oxygens (including phenoxy) is 2. The van der Waals surface area contributed by atoms with Crippen molar-refractivity contribution in [3.63, 3.8) is 0 Å². The molecule has 0 spiro atoms. The second-order valence-electron chi connectivity index (χ2n) is 5.57. The average Bonchev–Trinajstić information content (AvgIpc) is 3.19. The summed E-state index contributed by atoms with van der Waals surface area (Å²) in [7, 11) is 1.32. The molecule has 0 fully saturated rings. The highest BCUT2D eigenvalue weighted by Gasteiger charge is 2.10. The molecule has 0 atom stereocenters. The number of para-hydroxylation sites is 1. The zero-order valence-electron chi connectivity index (χ0n) is 15.0. The Kier molecular flexibility index (Phi) is 6.64. The first-order valence-electron chi connectivity index (χ1n) is 8.34. The highest BCUT2D eigenvalue weighted by molar-refractivity contribution is 7.99. The highest BCUT2D eigenvalue weighted by atomic mass is 32.2. The molecule has 0 unspecified atom stereocenters. The Morgan fingerprint density at radius 1 is 1.11 bits per heavy atom. The summed E-state index contributed by atoms with van der Waals surface area (Å²) in [6.45, 7) is 0.260. The van der Waals surface area contributed by atoms with E-state index in [1.165, 1.54) is 18.9 Å². The summed E-state index contributed by atoms with van der Waals surface area (Å²) in [5.74, 6) is 0.832. The predicted octanol–water partition coefficient (Wildman–Crippen LogP) is 2.90. The molecule has 1 heterocycles. The lowest BCUT2D eigenvalue weighted by Gasteiger charge is -2.05. The first-order chi connectivity index (χ1) is 13.6. The number of esters is 1. The molecule has 0 saturated carbocycles. The maximum Gasteiger partial charge on any atom is 0.337 e. The van der Waals surface area contributed by atoms with Gasteiger partial charge in [0.2, 0.25) is 11.1 Å². The summed E-state index contributed by atoms with van der Waals surface area (Å²) < 4.78 is 10.2. The first kappa shape index (κ1) is 19.4. The largest absolute Gasteiger partial charge is 0.486 e. The molecular formula is C19H18N4O4S. The number of nitrogens with one attached hydrogen (secondary N) is 2. The van der Waals surface area contributed by atoms with Gasteiger partial charge in [-0.2, -0.15) is 0 Å². The third-order valence-electron chi connectivity index (χ3n) is 3.55. The smallest absolute Gasteiger partial charge is 0.337 e. The number of carbonyl (C=O) groups excluding carboxylic acids is 2. The molecule has 0 saturated heterocycles. The van der Waals surface area contributed by atoms with Gasteiger partial charge in [0.25, 0.3) is 0 Å². The molecule has 9 heteroatoms. The Labute approximate surface area is 165 Å². The lowest BCUT2D eigenvalue weighted by molar-refractivity contribution is -0.113. The van der Waals surface area contributed by atoms with Gasteiger partial charge in [-0.3, -0.25) is 9.89 Å². The summed E-state index contributed by atoms with van der Waals surface area (Å²) in [4.78, 5) is 27.7. The number of hydrogen-bond acceptors (Lipinski definition) is 7. The van der Waals surface area contributed by atoms with Crippen LogP contribution in [0.5, 0.6) is 5.75 Å². The fourth-order valence-electron chi connectivity index (χ4n) is 2.21. The van der Waals surface area contributed by atoms with Crippen molar-refractivity contribution in [2.45, 2.75) is 11.8 Å². The summed E-state index contributed by atoms with van der Waals surface area (Å²) in [5, 5.41) is 10.1. The third-order valence-corrected chi connectivity index (χ3v) is 4.40. The lowest BCUT2D eigenvalue weighted by Crippen LogP contribution is -2.14. The quantitative estimate of drug-likeness (QED) is 0.444. The van der Waals surface area contributed by atoms with Crippen molar-refractivity contribution in [2.24, 2.45) is 0 Å². The van der Waals surface area contributed by atoms with E-state index in [-0.39, 0.29) is 18.3 Å². The average molecular weight is 398 g/mol. The van der Waals surface area contributed by atoms with Crippen molar-refractivity contribution in [2.75, 3.05) is 18.2 Å². The number of anilines is 1. The van der Waals surface area contributed by atoms with E-state index in [0.717, 1.165) is 5.75 Å². The number of carbonyl (C=O) groups is 2. The zero-order valence-corrected chi connectivity index (χ0v) is 15.9. The van der Waals surface area contributed by atoms with Crippen LogP contribution < -0.4 is 10.1 Å². The van der Waals surface area contributed by atoms with E-state index in [4.69, 9.17) is 4.74 Å². The van der Waals surface area contributed by atoms with Crippen LogP contribution in [-0.2, 0) is 16.1 Å². The Morgan fingerprint density at radius 2 is 1.86 bits per heavy atom. The maximum absolute atomic E-state index is 12.1. The molecule has 2 aromatic carbocycles. The van der Waals surface area contributed by atoms with Crippen LogP contribution >= 0.6 is 11.8 Å². The van der Waals surface area contributed by atoms with Crippen LogP contribution in [0.1, 0.15) is 16.2 Å². The van der Waals surface area contributed by atoms with Gasteiger partial charge in [-0.25, -0.2) is 9.78 Å². The summed E-state index contributed by atoms with van der Waals surface area (Å²) in [6.07, 6.45) is 0. The molecule has 0 aliphatic rings. The van der Waals surface area contributed by atoms with Crippen molar-refractivity contribution in [1.82, 2.24) is 15.2 Å². The van der Waals surface area contributed by atoms with Crippen LogP contribution in [0.3, 0.4) is 0 Å². The van der Waals surface area contributed by atoms with Crippen molar-refractivity contribution < 1.29 is 19.1 Å². The lowest BCUT2D eigenvalue weighted by atomic mass is 10.2. The Balaban J connectivity index is 1.44. The zero-order chi connectivity index (χ0) is 19.8. The van der Waals surface area contributed by atoms with Crippen LogP contribution in [0, 0.1) is 0 Å². The van der Waals surface area contributed by atoms with Gasteiger partial charge in [-0.05, 0) is 36.4 Å². The number of nitrogens with zero attached hydrogens (tertiary/aromatic N) is 2. The maximum atomic E-state index is 12.1. The van der Waals surface area contributed by atoms with E-state index in [2.05, 4.69) is 25.2 Å². The number of aromatic nitrogens is 3. The van der Waals surface area contributed by atoms with Crippen molar-refractivity contribution in [3.8, 4) is 5.75 Å². The minimum Gasteiger partial charge on any atom is -0.486 e. The van der Waals surface area contributed by atoms with E-state index >= 15 is 0 Å². The Hall–Kier alpha value is -3.33. The molecule has 1 amide bonds. The molecule has 1 aromatic heterocycles.